The second-order valence-electron chi connectivity index (χ2n) is 4.16. The van der Waals surface area contributed by atoms with Crippen LogP contribution in [0.2, 0.25) is 0 Å². The summed E-state index contributed by atoms with van der Waals surface area (Å²) in [5.74, 6) is 1.34. The van der Waals surface area contributed by atoms with Gasteiger partial charge in [-0.05, 0) is 18.6 Å². The van der Waals surface area contributed by atoms with E-state index in [1.807, 2.05) is 18.2 Å². The third-order valence-electron chi connectivity index (χ3n) is 2.70. The van der Waals surface area contributed by atoms with Crippen molar-refractivity contribution < 1.29 is 5.11 Å². The molecule has 0 aliphatic rings. The Labute approximate surface area is 109 Å². The first-order valence-electron chi connectivity index (χ1n) is 5.91. The first kappa shape index (κ1) is 13.1. The highest BCUT2D eigenvalue weighted by Crippen LogP contribution is 2.18. The van der Waals surface area contributed by atoms with Crippen LogP contribution in [-0.2, 0) is 5.75 Å². The number of aliphatic hydroxyl groups is 1. The monoisotopic (exact) mass is 264 g/mol. The number of rotatable bonds is 5. The molecule has 0 saturated carbocycles. The normalized spacial score (nSPS) is 12.8. The molecule has 1 heterocycles. The summed E-state index contributed by atoms with van der Waals surface area (Å²) in [7, 11) is 0. The lowest BCUT2D eigenvalue weighted by Crippen LogP contribution is -2.12. The Balaban J connectivity index is 2.17. The van der Waals surface area contributed by atoms with Crippen LogP contribution in [-0.4, -0.2) is 26.9 Å². The van der Waals surface area contributed by atoms with Gasteiger partial charge in [-0.25, -0.2) is 4.98 Å². The number of para-hydroxylation sites is 1. The molecule has 4 nitrogen and oxygen atoms in total. The number of aliphatic hydroxyl groups excluding tert-OH is 1. The highest BCUT2D eigenvalue weighted by Gasteiger charge is 2.06. The fourth-order valence-electron chi connectivity index (χ4n) is 1.69. The first-order chi connectivity index (χ1) is 8.70. The van der Waals surface area contributed by atoms with Crippen molar-refractivity contribution in [2.24, 2.45) is 0 Å². The summed E-state index contributed by atoms with van der Waals surface area (Å²) < 4.78 is 0. The Hall–Kier alpha value is -1.33. The van der Waals surface area contributed by atoms with Crippen molar-refractivity contribution in [2.75, 3.05) is 6.61 Å². The van der Waals surface area contributed by atoms with E-state index in [0.717, 1.165) is 11.9 Å². The second kappa shape index (κ2) is 6.02. The van der Waals surface area contributed by atoms with Crippen LogP contribution in [0.3, 0.4) is 0 Å². The highest BCUT2D eigenvalue weighted by molar-refractivity contribution is 7.99. The molecular formula is C13H16N2O2S. The number of fused-ring (bicyclic) bond motifs is 1. The van der Waals surface area contributed by atoms with Crippen LogP contribution in [0.25, 0.3) is 10.9 Å². The van der Waals surface area contributed by atoms with Gasteiger partial charge in [0.1, 0.15) is 5.82 Å². The molecule has 2 aromatic rings. The van der Waals surface area contributed by atoms with Gasteiger partial charge in [0, 0.05) is 11.9 Å². The van der Waals surface area contributed by atoms with Gasteiger partial charge in [-0.15, -0.1) is 0 Å². The van der Waals surface area contributed by atoms with Crippen LogP contribution in [0.1, 0.15) is 19.2 Å². The summed E-state index contributed by atoms with van der Waals surface area (Å²) in [6, 6.07) is 7.32. The molecule has 0 spiro atoms. The van der Waals surface area contributed by atoms with Crippen LogP contribution < -0.4 is 5.56 Å². The standard InChI is InChI=1S/C13H16N2O2S/c1-9(6-7-16)18-8-12-14-11-5-3-2-4-10(11)13(17)15-12/h2-5,9,16H,6-8H2,1H3,(H,14,15,17). The maximum atomic E-state index is 11.8. The number of aromatic nitrogens is 2. The van der Waals surface area contributed by atoms with Crippen molar-refractivity contribution in [1.29, 1.82) is 0 Å². The average molecular weight is 264 g/mol. The summed E-state index contributed by atoms with van der Waals surface area (Å²) in [5, 5.41) is 9.81. The number of aromatic amines is 1. The molecule has 1 unspecified atom stereocenters. The number of nitrogens with one attached hydrogen (secondary N) is 1. The molecule has 0 amide bonds. The molecular weight excluding hydrogens is 248 g/mol. The molecule has 0 aliphatic heterocycles. The van der Waals surface area contributed by atoms with Gasteiger partial charge in [-0.2, -0.15) is 11.8 Å². The van der Waals surface area contributed by atoms with E-state index in [4.69, 9.17) is 5.11 Å². The fourth-order valence-corrected chi connectivity index (χ4v) is 2.54. The minimum absolute atomic E-state index is 0.0917. The third-order valence-corrected chi connectivity index (χ3v) is 3.95. The minimum atomic E-state index is -0.0917. The fraction of sp³-hybridized carbons (Fsp3) is 0.385. The van der Waals surface area contributed by atoms with Gasteiger partial charge >= 0.3 is 0 Å². The summed E-state index contributed by atoms with van der Waals surface area (Å²) in [6.45, 7) is 2.25. The summed E-state index contributed by atoms with van der Waals surface area (Å²) in [4.78, 5) is 19.1. The zero-order chi connectivity index (χ0) is 13.0. The summed E-state index contributed by atoms with van der Waals surface area (Å²) in [6.07, 6.45) is 0.752. The lowest BCUT2D eigenvalue weighted by molar-refractivity contribution is 0.289. The zero-order valence-corrected chi connectivity index (χ0v) is 11.0. The average Bonchev–Trinajstić information content (AvgIpc) is 2.37. The van der Waals surface area contributed by atoms with E-state index < -0.39 is 0 Å². The molecule has 0 radical (unpaired) electrons. The predicted octanol–water partition coefficient (Wildman–Crippen LogP) is 1.93. The Morgan fingerprint density at radius 2 is 2.22 bits per heavy atom. The molecule has 0 bridgehead atoms. The molecule has 1 aromatic carbocycles. The molecule has 1 atom stereocenters. The highest BCUT2D eigenvalue weighted by atomic mass is 32.2. The Bertz CT molecular complexity index is 582. The Morgan fingerprint density at radius 3 is 3.00 bits per heavy atom. The van der Waals surface area contributed by atoms with Gasteiger partial charge in [0.05, 0.1) is 16.7 Å². The molecule has 1 aromatic heterocycles. The summed E-state index contributed by atoms with van der Waals surface area (Å²) >= 11 is 1.68. The van der Waals surface area contributed by atoms with Crippen molar-refractivity contribution in [1.82, 2.24) is 9.97 Å². The summed E-state index contributed by atoms with van der Waals surface area (Å²) in [5.41, 5.74) is 0.637. The maximum Gasteiger partial charge on any atom is 0.258 e. The largest absolute Gasteiger partial charge is 0.396 e. The van der Waals surface area contributed by atoms with Gasteiger partial charge < -0.3 is 10.1 Å². The second-order valence-corrected chi connectivity index (χ2v) is 5.59. The predicted molar refractivity (Wildman–Crippen MR) is 74.8 cm³/mol. The Kier molecular flexibility index (Phi) is 4.38. The van der Waals surface area contributed by atoms with Crippen molar-refractivity contribution >= 4 is 22.7 Å². The van der Waals surface area contributed by atoms with Gasteiger partial charge in [-0.3, -0.25) is 4.79 Å². The van der Waals surface area contributed by atoms with E-state index in [1.54, 1.807) is 17.8 Å². The van der Waals surface area contributed by atoms with Gasteiger partial charge in [-0.1, -0.05) is 19.1 Å². The van der Waals surface area contributed by atoms with E-state index in [-0.39, 0.29) is 12.2 Å². The molecule has 0 aliphatic carbocycles. The maximum absolute atomic E-state index is 11.8. The van der Waals surface area contributed by atoms with E-state index in [1.165, 1.54) is 0 Å². The molecule has 0 saturated heterocycles. The van der Waals surface area contributed by atoms with Crippen LogP contribution >= 0.6 is 11.8 Å². The SMILES string of the molecule is CC(CCO)SCc1nc2ccccc2c(=O)[nH]1. The van der Waals surface area contributed by atoms with E-state index in [2.05, 4.69) is 16.9 Å². The molecule has 96 valence electrons. The minimum Gasteiger partial charge on any atom is -0.396 e. The molecule has 5 heteroatoms. The number of benzene rings is 1. The van der Waals surface area contributed by atoms with E-state index >= 15 is 0 Å². The lowest BCUT2D eigenvalue weighted by Gasteiger charge is -2.08. The van der Waals surface area contributed by atoms with Crippen LogP contribution in [0.5, 0.6) is 0 Å². The number of hydrogen-bond acceptors (Lipinski definition) is 4. The van der Waals surface area contributed by atoms with Crippen molar-refractivity contribution in [3.63, 3.8) is 0 Å². The van der Waals surface area contributed by atoms with Crippen LogP contribution in [0.15, 0.2) is 29.1 Å². The van der Waals surface area contributed by atoms with Crippen LogP contribution in [0.4, 0.5) is 0 Å². The molecule has 2 N–H and O–H groups in total. The smallest absolute Gasteiger partial charge is 0.258 e. The topological polar surface area (TPSA) is 66.0 Å². The molecule has 18 heavy (non-hydrogen) atoms. The number of nitrogens with zero attached hydrogens (tertiary/aromatic N) is 1. The Morgan fingerprint density at radius 1 is 1.44 bits per heavy atom. The van der Waals surface area contributed by atoms with Gasteiger partial charge in [0.15, 0.2) is 0 Å². The van der Waals surface area contributed by atoms with Crippen LogP contribution in [0, 0.1) is 0 Å². The van der Waals surface area contributed by atoms with Crippen molar-refractivity contribution in [3.05, 3.63) is 40.4 Å². The van der Waals surface area contributed by atoms with Crippen molar-refractivity contribution in [2.45, 2.75) is 24.3 Å². The number of thioether (sulfide) groups is 1. The number of H-pyrrole nitrogens is 1. The van der Waals surface area contributed by atoms with Crippen molar-refractivity contribution in [3.8, 4) is 0 Å². The third kappa shape index (κ3) is 3.11. The number of hydrogen-bond donors (Lipinski definition) is 2. The van der Waals surface area contributed by atoms with E-state index in [9.17, 15) is 4.79 Å². The quantitative estimate of drug-likeness (QED) is 0.866. The zero-order valence-electron chi connectivity index (χ0n) is 10.2. The van der Waals surface area contributed by atoms with E-state index in [0.29, 0.717) is 22.2 Å². The molecule has 0 fully saturated rings. The molecule has 2 rings (SSSR count). The van der Waals surface area contributed by atoms with Gasteiger partial charge in [0.2, 0.25) is 0 Å². The lowest BCUT2D eigenvalue weighted by atomic mass is 10.2. The van der Waals surface area contributed by atoms with Gasteiger partial charge in [0.25, 0.3) is 5.56 Å². The first-order valence-corrected chi connectivity index (χ1v) is 6.96.